The van der Waals surface area contributed by atoms with Crippen molar-refractivity contribution in [3.63, 3.8) is 0 Å². The SMILES string of the molecule is O=C(CCC=C1CCC2(CC1)OCCO2)NCc1ccccn1. The van der Waals surface area contributed by atoms with Gasteiger partial charge in [-0.25, -0.2) is 0 Å². The van der Waals surface area contributed by atoms with Crippen LogP contribution in [0.15, 0.2) is 36.0 Å². The fourth-order valence-corrected chi connectivity index (χ4v) is 3.13. The molecule has 0 unspecified atom stereocenters. The minimum Gasteiger partial charge on any atom is -0.350 e. The molecule has 2 fully saturated rings. The van der Waals surface area contributed by atoms with E-state index in [1.807, 2.05) is 18.2 Å². The van der Waals surface area contributed by atoms with Crippen LogP contribution in [0.1, 0.15) is 44.2 Å². The zero-order chi connectivity index (χ0) is 16.0. The Balaban J connectivity index is 1.35. The number of hydrogen-bond donors (Lipinski definition) is 1. The normalized spacial score (nSPS) is 19.7. The van der Waals surface area contributed by atoms with Crippen molar-refractivity contribution in [2.24, 2.45) is 0 Å². The van der Waals surface area contributed by atoms with E-state index in [1.54, 1.807) is 6.20 Å². The third-order valence-electron chi connectivity index (χ3n) is 4.46. The van der Waals surface area contributed by atoms with Crippen LogP contribution in [-0.2, 0) is 20.8 Å². The Morgan fingerprint density at radius 3 is 2.74 bits per heavy atom. The highest BCUT2D eigenvalue weighted by atomic mass is 16.7. The van der Waals surface area contributed by atoms with Crippen LogP contribution in [0.5, 0.6) is 0 Å². The summed E-state index contributed by atoms with van der Waals surface area (Å²) in [6, 6.07) is 5.70. The zero-order valence-corrected chi connectivity index (χ0v) is 13.4. The van der Waals surface area contributed by atoms with Gasteiger partial charge in [-0.15, -0.1) is 0 Å². The van der Waals surface area contributed by atoms with Crippen molar-refractivity contribution in [2.75, 3.05) is 13.2 Å². The van der Waals surface area contributed by atoms with Gasteiger partial charge < -0.3 is 14.8 Å². The minimum absolute atomic E-state index is 0.0715. The van der Waals surface area contributed by atoms with Crippen LogP contribution in [0, 0.1) is 0 Å². The molecule has 2 aliphatic rings. The predicted octanol–water partition coefficient (Wildman–Crippen LogP) is 2.72. The zero-order valence-electron chi connectivity index (χ0n) is 13.4. The van der Waals surface area contributed by atoms with E-state index >= 15 is 0 Å². The molecule has 1 aromatic heterocycles. The van der Waals surface area contributed by atoms with E-state index in [0.29, 0.717) is 13.0 Å². The van der Waals surface area contributed by atoms with Crippen molar-refractivity contribution in [3.8, 4) is 0 Å². The smallest absolute Gasteiger partial charge is 0.220 e. The van der Waals surface area contributed by atoms with Gasteiger partial charge in [0.25, 0.3) is 0 Å². The fraction of sp³-hybridized carbons (Fsp3) is 0.556. The summed E-state index contributed by atoms with van der Waals surface area (Å²) in [5, 5.41) is 2.91. The van der Waals surface area contributed by atoms with E-state index in [9.17, 15) is 4.79 Å². The van der Waals surface area contributed by atoms with Crippen LogP contribution >= 0.6 is 0 Å². The second kappa shape index (κ2) is 7.70. The molecule has 124 valence electrons. The lowest BCUT2D eigenvalue weighted by atomic mass is 9.89. The van der Waals surface area contributed by atoms with Gasteiger partial charge in [0.1, 0.15) is 0 Å². The van der Waals surface area contributed by atoms with Gasteiger partial charge in [-0.3, -0.25) is 9.78 Å². The van der Waals surface area contributed by atoms with E-state index in [2.05, 4.69) is 16.4 Å². The fourth-order valence-electron chi connectivity index (χ4n) is 3.13. The summed E-state index contributed by atoms with van der Waals surface area (Å²) >= 11 is 0. The number of hydrogen-bond acceptors (Lipinski definition) is 4. The van der Waals surface area contributed by atoms with E-state index in [4.69, 9.17) is 9.47 Å². The summed E-state index contributed by atoms with van der Waals surface area (Å²) in [6.45, 7) is 1.93. The maximum absolute atomic E-state index is 11.9. The number of amides is 1. The van der Waals surface area contributed by atoms with Crippen molar-refractivity contribution in [2.45, 2.75) is 50.9 Å². The van der Waals surface area contributed by atoms with Crippen molar-refractivity contribution < 1.29 is 14.3 Å². The van der Waals surface area contributed by atoms with Gasteiger partial charge in [0, 0.05) is 25.5 Å². The summed E-state index contributed by atoms with van der Waals surface area (Å²) in [5.41, 5.74) is 2.31. The lowest BCUT2D eigenvalue weighted by Gasteiger charge is -2.32. The Morgan fingerprint density at radius 2 is 2.04 bits per heavy atom. The Hall–Kier alpha value is -1.72. The number of pyridine rings is 1. The molecule has 1 aliphatic carbocycles. The van der Waals surface area contributed by atoms with Crippen LogP contribution in [0.25, 0.3) is 0 Å². The summed E-state index contributed by atoms with van der Waals surface area (Å²) < 4.78 is 11.5. The maximum atomic E-state index is 11.9. The predicted molar refractivity (Wildman–Crippen MR) is 86.5 cm³/mol. The topological polar surface area (TPSA) is 60.5 Å². The molecule has 1 N–H and O–H groups in total. The van der Waals surface area contributed by atoms with Gasteiger partial charge in [0.15, 0.2) is 5.79 Å². The number of carbonyl (C=O) groups is 1. The van der Waals surface area contributed by atoms with E-state index in [1.165, 1.54) is 5.57 Å². The van der Waals surface area contributed by atoms with Crippen LogP contribution in [-0.4, -0.2) is 29.9 Å². The van der Waals surface area contributed by atoms with Crippen LogP contribution in [0.4, 0.5) is 0 Å². The summed E-state index contributed by atoms with van der Waals surface area (Å²) in [7, 11) is 0. The standard InChI is InChI=1S/C18H24N2O3/c21-17(20-14-16-5-1-2-11-19-16)6-3-4-15-7-9-18(10-8-15)22-12-13-23-18/h1-2,4-5,11H,3,6-10,12-14H2,(H,20,21). The second-order valence-corrected chi connectivity index (χ2v) is 6.11. The summed E-state index contributed by atoms with van der Waals surface area (Å²) in [5.74, 6) is -0.237. The molecule has 1 aliphatic heterocycles. The molecule has 23 heavy (non-hydrogen) atoms. The number of carbonyl (C=O) groups excluding carboxylic acids is 1. The molecule has 1 spiro atoms. The molecule has 0 radical (unpaired) electrons. The number of allylic oxidation sites excluding steroid dienone is 2. The highest BCUT2D eigenvalue weighted by Crippen LogP contribution is 2.38. The first-order valence-corrected chi connectivity index (χ1v) is 8.38. The first-order chi connectivity index (χ1) is 11.3. The quantitative estimate of drug-likeness (QED) is 0.849. The monoisotopic (exact) mass is 316 g/mol. The third-order valence-corrected chi connectivity index (χ3v) is 4.46. The number of ether oxygens (including phenoxy) is 2. The average molecular weight is 316 g/mol. The molecule has 0 aromatic carbocycles. The molecule has 1 amide bonds. The molecule has 1 saturated heterocycles. The van der Waals surface area contributed by atoms with Crippen molar-refractivity contribution >= 4 is 5.91 Å². The Morgan fingerprint density at radius 1 is 1.26 bits per heavy atom. The summed E-state index contributed by atoms with van der Waals surface area (Å²) in [4.78, 5) is 16.0. The van der Waals surface area contributed by atoms with E-state index < -0.39 is 0 Å². The van der Waals surface area contributed by atoms with Crippen molar-refractivity contribution in [1.29, 1.82) is 0 Å². The molecule has 5 heteroatoms. The highest BCUT2D eigenvalue weighted by molar-refractivity contribution is 5.75. The number of nitrogens with one attached hydrogen (secondary N) is 1. The first kappa shape index (κ1) is 16.1. The van der Waals surface area contributed by atoms with Crippen LogP contribution < -0.4 is 5.32 Å². The average Bonchev–Trinajstić information content (AvgIpc) is 3.04. The minimum atomic E-state index is -0.308. The molecule has 1 aromatic rings. The van der Waals surface area contributed by atoms with Gasteiger partial charge in [-0.05, 0) is 31.4 Å². The molecular formula is C18H24N2O3. The largest absolute Gasteiger partial charge is 0.350 e. The first-order valence-electron chi connectivity index (χ1n) is 8.38. The summed E-state index contributed by atoms with van der Waals surface area (Å²) in [6.07, 6.45) is 9.15. The van der Waals surface area contributed by atoms with Crippen LogP contribution in [0.3, 0.4) is 0 Å². The van der Waals surface area contributed by atoms with E-state index in [-0.39, 0.29) is 11.7 Å². The molecule has 2 heterocycles. The van der Waals surface area contributed by atoms with Gasteiger partial charge in [-0.2, -0.15) is 0 Å². The molecule has 0 bridgehead atoms. The van der Waals surface area contributed by atoms with Crippen molar-refractivity contribution in [1.82, 2.24) is 10.3 Å². The van der Waals surface area contributed by atoms with Gasteiger partial charge in [0.05, 0.1) is 25.5 Å². The van der Waals surface area contributed by atoms with Gasteiger partial charge >= 0.3 is 0 Å². The lowest BCUT2D eigenvalue weighted by molar-refractivity contribution is -0.171. The molecule has 1 saturated carbocycles. The molecule has 5 nitrogen and oxygen atoms in total. The van der Waals surface area contributed by atoms with Gasteiger partial charge in [0.2, 0.25) is 5.91 Å². The van der Waals surface area contributed by atoms with Crippen LogP contribution in [0.2, 0.25) is 0 Å². The number of aromatic nitrogens is 1. The lowest BCUT2D eigenvalue weighted by Crippen LogP contribution is -2.33. The molecular weight excluding hydrogens is 292 g/mol. The number of rotatable bonds is 5. The molecule has 3 rings (SSSR count). The Kier molecular flexibility index (Phi) is 5.41. The number of nitrogens with zero attached hydrogens (tertiary/aromatic N) is 1. The third kappa shape index (κ3) is 4.62. The van der Waals surface area contributed by atoms with E-state index in [0.717, 1.165) is 51.0 Å². The van der Waals surface area contributed by atoms with Crippen molar-refractivity contribution in [3.05, 3.63) is 41.7 Å². The maximum Gasteiger partial charge on any atom is 0.220 e. The highest BCUT2D eigenvalue weighted by Gasteiger charge is 2.38. The Bertz CT molecular complexity index is 539. The Labute approximate surface area is 137 Å². The second-order valence-electron chi connectivity index (χ2n) is 6.11. The van der Waals surface area contributed by atoms with Gasteiger partial charge in [-0.1, -0.05) is 17.7 Å². The molecule has 0 atom stereocenters.